The van der Waals surface area contributed by atoms with Crippen LogP contribution in [-0.2, 0) is 12.7 Å². The summed E-state index contributed by atoms with van der Waals surface area (Å²) in [4.78, 5) is 4.29. The standard InChI is InChI=1S/C21H24F3N5S/c1-15-2-4-16(5-3-15)14-28-8-10-29(11-9-28)18-7-6-17(13-26-27-20(25)30)19(12-18)21(22,23)24/h2-7,12-13H,8-11,14H2,1H3,(H3,25,27,30)/b26-13+. The van der Waals surface area contributed by atoms with Crippen LogP contribution in [0.25, 0.3) is 0 Å². The Labute approximate surface area is 179 Å². The molecule has 5 nitrogen and oxygen atoms in total. The first-order valence-electron chi connectivity index (χ1n) is 9.55. The Balaban J connectivity index is 1.68. The number of hydrogen-bond donors (Lipinski definition) is 2. The van der Waals surface area contributed by atoms with Gasteiger partial charge in [-0.2, -0.15) is 18.3 Å². The summed E-state index contributed by atoms with van der Waals surface area (Å²) in [6, 6.07) is 12.7. The second kappa shape index (κ2) is 9.44. The number of piperazine rings is 1. The normalized spacial score (nSPS) is 15.5. The summed E-state index contributed by atoms with van der Waals surface area (Å²) in [5, 5.41) is 3.54. The molecule has 0 aliphatic carbocycles. The van der Waals surface area contributed by atoms with Crippen molar-refractivity contribution >= 4 is 29.2 Å². The third-order valence-electron chi connectivity index (χ3n) is 4.98. The molecule has 2 aromatic rings. The van der Waals surface area contributed by atoms with Gasteiger partial charge in [0.1, 0.15) is 0 Å². The van der Waals surface area contributed by atoms with Crippen molar-refractivity contribution in [2.45, 2.75) is 19.6 Å². The minimum absolute atomic E-state index is 0.0481. The van der Waals surface area contributed by atoms with Gasteiger partial charge in [-0.3, -0.25) is 10.3 Å². The number of alkyl halides is 3. The topological polar surface area (TPSA) is 56.9 Å². The van der Waals surface area contributed by atoms with Crippen LogP contribution in [0.5, 0.6) is 0 Å². The number of nitrogens with one attached hydrogen (secondary N) is 1. The van der Waals surface area contributed by atoms with Crippen LogP contribution in [-0.4, -0.2) is 42.4 Å². The minimum atomic E-state index is -4.49. The molecule has 0 spiro atoms. The highest BCUT2D eigenvalue weighted by Gasteiger charge is 2.34. The molecule has 1 aliphatic heterocycles. The average Bonchev–Trinajstić information content (AvgIpc) is 2.69. The first-order valence-corrected chi connectivity index (χ1v) is 9.96. The second-order valence-electron chi connectivity index (χ2n) is 7.25. The Bertz CT molecular complexity index is 904. The number of nitrogens with zero attached hydrogens (tertiary/aromatic N) is 3. The number of thiocarbonyl (C=S) groups is 1. The number of nitrogens with two attached hydrogens (primary N) is 1. The van der Waals surface area contributed by atoms with E-state index in [9.17, 15) is 13.2 Å². The molecule has 1 aliphatic rings. The lowest BCUT2D eigenvalue weighted by Gasteiger charge is -2.36. The van der Waals surface area contributed by atoms with E-state index >= 15 is 0 Å². The third kappa shape index (κ3) is 5.93. The fourth-order valence-corrected chi connectivity index (χ4v) is 3.43. The highest BCUT2D eigenvalue weighted by molar-refractivity contribution is 7.80. The van der Waals surface area contributed by atoms with Crippen LogP contribution in [0.4, 0.5) is 18.9 Å². The molecule has 0 bridgehead atoms. The van der Waals surface area contributed by atoms with E-state index in [2.05, 4.69) is 58.8 Å². The molecule has 1 heterocycles. The Morgan fingerprint density at radius 2 is 1.80 bits per heavy atom. The van der Waals surface area contributed by atoms with Crippen molar-refractivity contribution in [1.82, 2.24) is 10.3 Å². The molecule has 3 rings (SSSR count). The van der Waals surface area contributed by atoms with Gasteiger partial charge in [0, 0.05) is 44.0 Å². The van der Waals surface area contributed by atoms with E-state index < -0.39 is 11.7 Å². The summed E-state index contributed by atoms with van der Waals surface area (Å²) in [7, 11) is 0. The van der Waals surface area contributed by atoms with Gasteiger partial charge in [0.2, 0.25) is 0 Å². The van der Waals surface area contributed by atoms with Gasteiger partial charge in [0.15, 0.2) is 5.11 Å². The van der Waals surface area contributed by atoms with E-state index in [-0.39, 0.29) is 10.7 Å². The minimum Gasteiger partial charge on any atom is -0.375 e. The first-order chi connectivity index (χ1) is 14.2. The fourth-order valence-electron chi connectivity index (χ4n) is 3.38. The smallest absolute Gasteiger partial charge is 0.375 e. The van der Waals surface area contributed by atoms with Crippen molar-refractivity contribution in [3.63, 3.8) is 0 Å². The van der Waals surface area contributed by atoms with Gasteiger partial charge in [-0.25, -0.2) is 0 Å². The second-order valence-corrected chi connectivity index (χ2v) is 7.69. The molecular weight excluding hydrogens is 411 g/mol. The number of rotatable bonds is 5. The SMILES string of the molecule is Cc1ccc(CN2CCN(c3ccc(/C=N/NC(N)=S)c(C(F)(F)F)c3)CC2)cc1. The van der Waals surface area contributed by atoms with E-state index in [1.807, 2.05) is 4.90 Å². The highest BCUT2D eigenvalue weighted by atomic mass is 32.1. The third-order valence-corrected chi connectivity index (χ3v) is 5.08. The number of benzene rings is 2. The van der Waals surface area contributed by atoms with Crippen LogP contribution in [0.15, 0.2) is 47.6 Å². The van der Waals surface area contributed by atoms with Gasteiger partial charge in [0.25, 0.3) is 0 Å². The summed E-state index contributed by atoms with van der Waals surface area (Å²) in [5.41, 5.74) is 9.74. The van der Waals surface area contributed by atoms with Crippen LogP contribution in [0.2, 0.25) is 0 Å². The van der Waals surface area contributed by atoms with Crippen molar-refractivity contribution in [2.24, 2.45) is 10.8 Å². The summed E-state index contributed by atoms with van der Waals surface area (Å²) in [6.07, 6.45) is -3.42. The molecule has 160 valence electrons. The summed E-state index contributed by atoms with van der Waals surface area (Å²) < 4.78 is 40.7. The zero-order valence-electron chi connectivity index (χ0n) is 16.6. The van der Waals surface area contributed by atoms with Crippen molar-refractivity contribution in [3.8, 4) is 0 Å². The quantitative estimate of drug-likeness (QED) is 0.428. The number of hydrogen-bond acceptors (Lipinski definition) is 4. The number of hydrazone groups is 1. The predicted molar refractivity (Wildman–Crippen MR) is 118 cm³/mol. The molecule has 1 fully saturated rings. The molecule has 30 heavy (non-hydrogen) atoms. The van der Waals surface area contributed by atoms with Crippen molar-refractivity contribution < 1.29 is 13.2 Å². The summed E-state index contributed by atoms with van der Waals surface area (Å²) in [6.45, 7) is 5.80. The largest absolute Gasteiger partial charge is 0.417 e. The van der Waals surface area contributed by atoms with Gasteiger partial charge in [-0.15, -0.1) is 0 Å². The molecular formula is C21H24F3N5S. The predicted octanol–water partition coefficient (Wildman–Crippen LogP) is 3.50. The number of halogens is 3. The van der Waals surface area contributed by atoms with Gasteiger partial charge in [0.05, 0.1) is 11.8 Å². The van der Waals surface area contributed by atoms with E-state index in [4.69, 9.17) is 5.73 Å². The molecule has 1 saturated heterocycles. The van der Waals surface area contributed by atoms with Crippen LogP contribution >= 0.6 is 12.2 Å². The van der Waals surface area contributed by atoms with Gasteiger partial charge in [-0.1, -0.05) is 35.9 Å². The number of aryl methyl sites for hydroxylation is 1. The van der Waals surface area contributed by atoms with Gasteiger partial charge in [-0.05, 0) is 36.8 Å². The molecule has 0 radical (unpaired) electrons. The molecule has 3 N–H and O–H groups in total. The summed E-state index contributed by atoms with van der Waals surface area (Å²) in [5.74, 6) is 0. The summed E-state index contributed by atoms with van der Waals surface area (Å²) >= 11 is 4.60. The van der Waals surface area contributed by atoms with Crippen molar-refractivity contribution in [3.05, 3.63) is 64.7 Å². The molecule has 0 atom stereocenters. The molecule has 2 aromatic carbocycles. The zero-order chi connectivity index (χ0) is 21.7. The average molecular weight is 436 g/mol. The van der Waals surface area contributed by atoms with Crippen LogP contribution < -0.4 is 16.1 Å². The van der Waals surface area contributed by atoms with Crippen molar-refractivity contribution in [1.29, 1.82) is 0 Å². The lowest BCUT2D eigenvalue weighted by atomic mass is 10.1. The van der Waals surface area contributed by atoms with E-state index in [0.717, 1.165) is 25.8 Å². The maximum absolute atomic E-state index is 13.6. The van der Waals surface area contributed by atoms with Crippen molar-refractivity contribution in [2.75, 3.05) is 31.1 Å². The maximum Gasteiger partial charge on any atom is 0.417 e. The molecule has 0 saturated carbocycles. The monoisotopic (exact) mass is 435 g/mol. The molecule has 0 aromatic heterocycles. The first kappa shape index (κ1) is 22.0. The van der Waals surface area contributed by atoms with Gasteiger partial charge >= 0.3 is 6.18 Å². The molecule has 9 heteroatoms. The number of anilines is 1. The van der Waals surface area contributed by atoms with Crippen LogP contribution in [0.3, 0.4) is 0 Å². The lowest BCUT2D eigenvalue weighted by molar-refractivity contribution is -0.137. The van der Waals surface area contributed by atoms with Crippen LogP contribution in [0.1, 0.15) is 22.3 Å². The van der Waals surface area contributed by atoms with E-state index in [0.29, 0.717) is 18.8 Å². The zero-order valence-corrected chi connectivity index (χ0v) is 17.4. The van der Waals surface area contributed by atoms with Gasteiger partial charge < -0.3 is 10.6 Å². The van der Waals surface area contributed by atoms with Crippen LogP contribution in [0, 0.1) is 6.92 Å². The van der Waals surface area contributed by atoms with E-state index in [1.54, 1.807) is 6.07 Å². The maximum atomic E-state index is 13.6. The highest BCUT2D eigenvalue weighted by Crippen LogP contribution is 2.34. The lowest BCUT2D eigenvalue weighted by Crippen LogP contribution is -2.46. The Morgan fingerprint density at radius 1 is 1.13 bits per heavy atom. The Hall–Kier alpha value is -2.65. The molecule has 0 amide bonds. The molecule has 0 unspecified atom stereocenters. The fraction of sp³-hybridized carbons (Fsp3) is 0.333. The Morgan fingerprint density at radius 3 is 2.40 bits per heavy atom. The Kier molecular flexibility index (Phi) is 6.94. The van der Waals surface area contributed by atoms with E-state index in [1.165, 1.54) is 23.3 Å².